The second-order valence-corrected chi connectivity index (χ2v) is 3.00. The minimum absolute atomic E-state index is 0.346. The number of nitrogens with one attached hydrogen (secondary N) is 1. The molecule has 0 saturated carbocycles. The molecular formula is C10H10N2O2. The van der Waals surface area contributed by atoms with E-state index in [2.05, 4.69) is 9.72 Å². The highest BCUT2D eigenvalue weighted by Gasteiger charge is 2.11. The number of carbonyl (C=O) groups is 1. The van der Waals surface area contributed by atoms with Crippen LogP contribution >= 0.6 is 0 Å². The van der Waals surface area contributed by atoms with E-state index >= 15 is 0 Å². The zero-order chi connectivity index (χ0) is 10.1. The summed E-state index contributed by atoms with van der Waals surface area (Å²) in [5.41, 5.74) is 7.64. The Bertz CT molecular complexity index is 488. The Labute approximate surface area is 80.7 Å². The number of aromatic amines is 1. The predicted molar refractivity (Wildman–Crippen MR) is 54.1 cm³/mol. The van der Waals surface area contributed by atoms with E-state index < -0.39 is 0 Å². The molecule has 3 N–H and O–H groups in total. The van der Waals surface area contributed by atoms with Gasteiger partial charge in [-0.2, -0.15) is 0 Å². The number of fused-ring (bicyclic) bond motifs is 1. The van der Waals surface area contributed by atoms with Crippen LogP contribution in [0.2, 0.25) is 0 Å². The summed E-state index contributed by atoms with van der Waals surface area (Å²) < 4.78 is 4.64. The van der Waals surface area contributed by atoms with Crippen molar-refractivity contribution in [2.24, 2.45) is 0 Å². The number of H-pyrrole nitrogens is 1. The molecule has 0 aliphatic heterocycles. The molecule has 4 heteroatoms. The molecule has 1 aromatic heterocycles. The minimum atomic E-state index is -0.346. The summed E-state index contributed by atoms with van der Waals surface area (Å²) in [6, 6.07) is 5.33. The van der Waals surface area contributed by atoms with E-state index in [0.717, 1.165) is 10.9 Å². The highest BCUT2D eigenvalue weighted by molar-refractivity contribution is 6.04. The van der Waals surface area contributed by atoms with Crippen LogP contribution < -0.4 is 5.73 Å². The zero-order valence-electron chi connectivity index (χ0n) is 7.70. The maximum absolute atomic E-state index is 11.3. The topological polar surface area (TPSA) is 68.1 Å². The fraction of sp³-hybridized carbons (Fsp3) is 0.100. The van der Waals surface area contributed by atoms with Crippen molar-refractivity contribution >= 4 is 22.6 Å². The number of nitrogen functional groups attached to an aromatic ring is 1. The van der Waals surface area contributed by atoms with Crippen molar-refractivity contribution in [1.29, 1.82) is 0 Å². The van der Waals surface area contributed by atoms with Gasteiger partial charge in [0.15, 0.2) is 0 Å². The Balaban J connectivity index is 2.64. The summed E-state index contributed by atoms with van der Waals surface area (Å²) in [6.45, 7) is 0. The Kier molecular flexibility index (Phi) is 1.89. The second kappa shape index (κ2) is 3.06. The van der Waals surface area contributed by atoms with Gasteiger partial charge in [0.2, 0.25) is 0 Å². The fourth-order valence-electron chi connectivity index (χ4n) is 1.42. The number of aromatic nitrogens is 1. The Hall–Kier alpha value is -1.97. The quantitative estimate of drug-likeness (QED) is 0.529. The molecule has 1 heterocycles. The average molecular weight is 190 g/mol. The molecule has 0 radical (unpaired) electrons. The van der Waals surface area contributed by atoms with Crippen molar-refractivity contribution in [3.63, 3.8) is 0 Å². The molecule has 0 aliphatic carbocycles. The normalized spacial score (nSPS) is 10.4. The second-order valence-electron chi connectivity index (χ2n) is 3.00. The number of rotatable bonds is 1. The highest BCUT2D eigenvalue weighted by atomic mass is 16.5. The molecule has 0 amide bonds. The molecule has 0 spiro atoms. The van der Waals surface area contributed by atoms with Gasteiger partial charge >= 0.3 is 5.97 Å². The van der Waals surface area contributed by atoms with Crippen LogP contribution in [0.1, 0.15) is 10.4 Å². The van der Waals surface area contributed by atoms with E-state index in [4.69, 9.17) is 5.73 Å². The predicted octanol–water partition coefficient (Wildman–Crippen LogP) is 1.54. The molecule has 0 atom stereocenters. The summed E-state index contributed by atoms with van der Waals surface area (Å²) in [7, 11) is 1.36. The van der Waals surface area contributed by atoms with E-state index in [9.17, 15) is 4.79 Å². The van der Waals surface area contributed by atoms with Gasteiger partial charge in [-0.25, -0.2) is 4.79 Å². The van der Waals surface area contributed by atoms with Gasteiger partial charge in [-0.05, 0) is 18.2 Å². The van der Waals surface area contributed by atoms with Gasteiger partial charge in [-0.15, -0.1) is 0 Å². The SMILES string of the molecule is COC(=O)c1c[nH]c2cc(N)ccc12. The first-order valence-corrected chi connectivity index (χ1v) is 4.17. The van der Waals surface area contributed by atoms with Gasteiger partial charge in [0.1, 0.15) is 0 Å². The van der Waals surface area contributed by atoms with Gasteiger partial charge in [-0.1, -0.05) is 0 Å². The van der Waals surface area contributed by atoms with E-state index in [1.165, 1.54) is 7.11 Å². The van der Waals surface area contributed by atoms with Gasteiger partial charge in [0.25, 0.3) is 0 Å². The van der Waals surface area contributed by atoms with Gasteiger partial charge < -0.3 is 15.5 Å². The lowest BCUT2D eigenvalue weighted by Crippen LogP contribution is -1.99. The summed E-state index contributed by atoms with van der Waals surface area (Å²) in [6.07, 6.45) is 1.62. The van der Waals surface area contributed by atoms with E-state index in [0.29, 0.717) is 11.3 Å². The van der Waals surface area contributed by atoms with Gasteiger partial charge in [-0.3, -0.25) is 0 Å². The number of hydrogen-bond donors (Lipinski definition) is 2. The van der Waals surface area contributed by atoms with Crippen molar-refractivity contribution < 1.29 is 9.53 Å². The summed E-state index contributed by atoms with van der Waals surface area (Å²) >= 11 is 0. The lowest BCUT2D eigenvalue weighted by atomic mass is 10.1. The Morgan fingerprint density at radius 3 is 3.00 bits per heavy atom. The van der Waals surface area contributed by atoms with Crippen LogP contribution in [0.3, 0.4) is 0 Å². The van der Waals surface area contributed by atoms with Crippen LogP contribution in [0.5, 0.6) is 0 Å². The number of methoxy groups -OCH3 is 1. The third-order valence-corrected chi connectivity index (χ3v) is 2.11. The summed E-state index contributed by atoms with van der Waals surface area (Å²) in [5, 5.41) is 0.825. The van der Waals surface area contributed by atoms with E-state index in [1.807, 2.05) is 0 Å². The van der Waals surface area contributed by atoms with Crippen LogP contribution in [0.4, 0.5) is 5.69 Å². The molecule has 0 bridgehead atoms. The smallest absolute Gasteiger partial charge is 0.340 e. The molecule has 2 rings (SSSR count). The first kappa shape index (κ1) is 8.62. The van der Waals surface area contributed by atoms with E-state index in [1.54, 1.807) is 24.4 Å². The first-order valence-electron chi connectivity index (χ1n) is 4.17. The largest absolute Gasteiger partial charge is 0.465 e. The fourth-order valence-corrected chi connectivity index (χ4v) is 1.42. The molecule has 72 valence electrons. The van der Waals surface area contributed by atoms with Crippen molar-refractivity contribution in [3.05, 3.63) is 30.0 Å². The number of ether oxygens (including phenoxy) is 1. The van der Waals surface area contributed by atoms with Crippen molar-refractivity contribution in [1.82, 2.24) is 4.98 Å². The van der Waals surface area contributed by atoms with E-state index in [-0.39, 0.29) is 5.97 Å². The van der Waals surface area contributed by atoms with Crippen molar-refractivity contribution in [2.45, 2.75) is 0 Å². The van der Waals surface area contributed by atoms with Gasteiger partial charge in [0, 0.05) is 22.8 Å². The molecule has 4 nitrogen and oxygen atoms in total. The molecule has 2 aromatic rings. The third kappa shape index (κ3) is 1.21. The first-order chi connectivity index (χ1) is 6.72. The molecule has 0 saturated heterocycles. The number of carbonyl (C=O) groups excluding carboxylic acids is 1. The van der Waals surface area contributed by atoms with Crippen LogP contribution in [-0.4, -0.2) is 18.1 Å². The Morgan fingerprint density at radius 1 is 1.50 bits per heavy atom. The average Bonchev–Trinajstić information content (AvgIpc) is 2.59. The maximum Gasteiger partial charge on any atom is 0.340 e. The molecule has 14 heavy (non-hydrogen) atoms. The third-order valence-electron chi connectivity index (χ3n) is 2.11. The monoisotopic (exact) mass is 190 g/mol. The number of esters is 1. The molecular weight excluding hydrogens is 180 g/mol. The van der Waals surface area contributed by atoms with Crippen molar-refractivity contribution in [3.8, 4) is 0 Å². The van der Waals surface area contributed by atoms with Gasteiger partial charge in [0.05, 0.1) is 12.7 Å². The number of hydrogen-bond acceptors (Lipinski definition) is 3. The minimum Gasteiger partial charge on any atom is -0.465 e. The van der Waals surface area contributed by atoms with Crippen LogP contribution in [0.15, 0.2) is 24.4 Å². The lowest BCUT2D eigenvalue weighted by molar-refractivity contribution is 0.0603. The molecule has 1 aromatic carbocycles. The number of benzene rings is 1. The van der Waals surface area contributed by atoms with Crippen LogP contribution in [0.25, 0.3) is 10.9 Å². The molecule has 0 fully saturated rings. The van der Waals surface area contributed by atoms with Crippen LogP contribution in [-0.2, 0) is 4.74 Å². The highest BCUT2D eigenvalue weighted by Crippen LogP contribution is 2.20. The molecule has 0 aliphatic rings. The standard InChI is InChI=1S/C10H10N2O2/c1-14-10(13)8-5-12-9-4-6(11)2-3-7(8)9/h2-5,12H,11H2,1H3. The number of anilines is 1. The van der Waals surface area contributed by atoms with Crippen LogP contribution in [0, 0.1) is 0 Å². The molecule has 0 unspecified atom stereocenters. The summed E-state index contributed by atoms with van der Waals surface area (Å²) in [4.78, 5) is 14.3. The number of nitrogens with two attached hydrogens (primary N) is 1. The van der Waals surface area contributed by atoms with Crippen molar-refractivity contribution in [2.75, 3.05) is 12.8 Å². The summed E-state index contributed by atoms with van der Waals surface area (Å²) in [5.74, 6) is -0.346. The Morgan fingerprint density at radius 2 is 2.29 bits per heavy atom. The maximum atomic E-state index is 11.3. The lowest BCUT2D eigenvalue weighted by Gasteiger charge is -1.96. The zero-order valence-corrected chi connectivity index (χ0v) is 7.70.